The third-order valence-electron chi connectivity index (χ3n) is 4.23. The van der Waals surface area contributed by atoms with Crippen molar-refractivity contribution in [1.29, 1.82) is 0 Å². The van der Waals surface area contributed by atoms with Gasteiger partial charge in [-0.2, -0.15) is 0 Å². The lowest BCUT2D eigenvalue weighted by Crippen LogP contribution is -2.40. The molecule has 0 radical (unpaired) electrons. The first-order valence-electron chi connectivity index (χ1n) is 7.82. The van der Waals surface area contributed by atoms with Crippen LogP contribution in [0.2, 0.25) is 0 Å². The maximum atomic E-state index is 12.2. The van der Waals surface area contributed by atoms with Gasteiger partial charge < -0.3 is 10.6 Å². The van der Waals surface area contributed by atoms with E-state index in [1.165, 1.54) is 18.4 Å². The second kappa shape index (κ2) is 7.57. The molecule has 0 unspecified atom stereocenters. The lowest BCUT2D eigenvalue weighted by atomic mass is 9.97. The Labute approximate surface area is 127 Å². The quantitative estimate of drug-likeness (QED) is 0.873. The van der Waals surface area contributed by atoms with Crippen LogP contribution in [0.25, 0.3) is 0 Å². The third kappa shape index (κ3) is 4.83. The van der Waals surface area contributed by atoms with Gasteiger partial charge in [0.25, 0.3) is 0 Å². The molecular formula is C17H27N3O. The van der Waals surface area contributed by atoms with Gasteiger partial charge in [-0.3, -0.25) is 9.69 Å². The van der Waals surface area contributed by atoms with Gasteiger partial charge in [0.05, 0.1) is 6.54 Å². The van der Waals surface area contributed by atoms with E-state index < -0.39 is 0 Å². The number of amides is 1. The Morgan fingerprint density at radius 1 is 1.29 bits per heavy atom. The zero-order valence-corrected chi connectivity index (χ0v) is 13.4. The van der Waals surface area contributed by atoms with Gasteiger partial charge in [-0.1, -0.05) is 12.1 Å². The van der Waals surface area contributed by atoms with Gasteiger partial charge in [-0.05, 0) is 76.5 Å². The van der Waals surface area contributed by atoms with Crippen molar-refractivity contribution in [2.24, 2.45) is 5.92 Å². The van der Waals surface area contributed by atoms with Crippen LogP contribution in [0, 0.1) is 19.8 Å². The lowest BCUT2D eigenvalue weighted by Gasteiger charge is -2.31. The van der Waals surface area contributed by atoms with E-state index in [-0.39, 0.29) is 5.91 Å². The molecular weight excluding hydrogens is 262 g/mol. The van der Waals surface area contributed by atoms with Crippen molar-refractivity contribution in [2.45, 2.75) is 26.7 Å². The van der Waals surface area contributed by atoms with Gasteiger partial charge in [0, 0.05) is 5.69 Å². The third-order valence-corrected chi connectivity index (χ3v) is 4.23. The molecule has 0 bridgehead atoms. The number of likely N-dealkylation sites (tertiary alicyclic amines) is 1. The Morgan fingerprint density at radius 3 is 2.67 bits per heavy atom. The van der Waals surface area contributed by atoms with Crippen LogP contribution in [0.5, 0.6) is 0 Å². The van der Waals surface area contributed by atoms with Gasteiger partial charge in [0.2, 0.25) is 5.91 Å². The maximum Gasteiger partial charge on any atom is 0.238 e. The Kier molecular flexibility index (Phi) is 5.76. The molecule has 2 rings (SSSR count). The van der Waals surface area contributed by atoms with Crippen molar-refractivity contribution in [3.8, 4) is 0 Å². The average Bonchev–Trinajstić information content (AvgIpc) is 2.45. The highest BCUT2D eigenvalue weighted by molar-refractivity contribution is 5.93. The molecule has 1 aliphatic heterocycles. The molecule has 116 valence electrons. The summed E-state index contributed by atoms with van der Waals surface area (Å²) < 4.78 is 0. The van der Waals surface area contributed by atoms with E-state index in [0.29, 0.717) is 6.54 Å². The summed E-state index contributed by atoms with van der Waals surface area (Å²) in [6, 6.07) is 6.15. The van der Waals surface area contributed by atoms with Gasteiger partial charge in [-0.25, -0.2) is 0 Å². The number of carbonyl (C=O) groups is 1. The first-order chi connectivity index (χ1) is 10.1. The average molecular weight is 289 g/mol. The summed E-state index contributed by atoms with van der Waals surface area (Å²) in [5, 5.41) is 6.28. The Morgan fingerprint density at radius 2 is 2.00 bits per heavy atom. The van der Waals surface area contributed by atoms with Crippen molar-refractivity contribution in [1.82, 2.24) is 10.2 Å². The number of nitrogens with one attached hydrogen (secondary N) is 2. The number of rotatable bonds is 5. The molecule has 0 spiro atoms. The number of aryl methyl sites for hydroxylation is 2. The summed E-state index contributed by atoms with van der Waals surface area (Å²) in [6.07, 6.45) is 2.36. The molecule has 21 heavy (non-hydrogen) atoms. The van der Waals surface area contributed by atoms with Crippen LogP contribution in [0.15, 0.2) is 18.2 Å². The molecule has 0 saturated carbocycles. The van der Waals surface area contributed by atoms with Gasteiger partial charge in [-0.15, -0.1) is 0 Å². The van der Waals surface area contributed by atoms with Gasteiger partial charge in [0.1, 0.15) is 0 Å². The first-order valence-corrected chi connectivity index (χ1v) is 7.82. The predicted molar refractivity (Wildman–Crippen MR) is 87.6 cm³/mol. The van der Waals surface area contributed by atoms with Crippen molar-refractivity contribution in [3.63, 3.8) is 0 Å². The molecule has 4 heteroatoms. The smallest absolute Gasteiger partial charge is 0.238 e. The summed E-state index contributed by atoms with van der Waals surface area (Å²) in [6.45, 7) is 7.70. The Hall–Kier alpha value is -1.39. The summed E-state index contributed by atoms with van der Waals surface area (Å²) in [7, 11) is 2.00. The van der Waals surface area contributed by atoms with Crippen molar-refractivity contribution in [3.05, 3.63) is 29.3 Å². The van der Waals surface area contributed by atoms with Crippen LogP contribution in [0.3, 0.4) is 0 Å². The van der Waals surface area contributed by atoms with E-state index in [1.807, 2.05) is 33.0 Å². The fourth-order valence-corrected chi connectivity index (χ4v) is 2.90. The molecule has 1 aromatic rings. The molecule has 2 N–H and O–H groups in total. The second-order valence-corrected chi connectivity index (χ2v) is 6.14. The van der Waals surface area contributed by atoms with Crippen LogP contribution in [0.1, 0.15) is 24.0 Å². The zero-order valence-electron chi connectivity index (χ0n) is 13.4. The minimum atomic E-state index is 0.0933. The highest BCUT2D eigenvalue weighted by Crippen LogP contribution is 2.18. The molecule has 4 nitrogen and oxygen atoms in total. The van der Waals surface area contributed by atoms with Crippen LogP contribution in [-0.4, -0.2) is 44.0 Å². The van der Waals surface area contributed by atoms with Crippen LogP contribution < -0.4 is 10.6 Å². The molecule has 0 aliphatic carbocycles. The van der Waals surface area contributed by atoms with E-state index in [2.05, 4.69) is 21.6 Å². The molecule has 1 aromatic carbocycles. The fraction of sp³-hybridized carbons (Fsp3) is 0.588. The molecule has 0 atom stereocenters. The van der Waals surface area contributed by atoms with Crippen LogP contribution in [-0.2, 0) is 4.79 Å². The number of carbonyl (C=O) groups excluding carboxylic acids is 1. The number of anilines is 1. The number of hydrogen-bond donors (Lipinski definition) is 2. The van der Waals surface area contributed by atoms with E-state index in [9.17, 15) is 4.79 Å². The normalized spacial score (nSPS) is 16.9. The molecule has 0 aromatic heterocycles. The van der Waals surface area contributed by atoms with E-state index in [0.717, 1.165) is 36.8 Å². The number of benzene rings is 1. The maximum absolute atomic E-state index is 12.2. The molecule has 1 amide bonds. The summed E-state index contributed by atoms with van der Waals surface area (Å²) in [4.78, 5) is 14.4. The highest BCUT2D eigenvalue weighted by Gasteiger charge is 2.20. The molecule has 1 fully saturated rings. The van der Waals surface area contributed by atoms with Gasteiger partial charge >= 0.3 is 0 Å². The molecule has 1 saturated heterocycles. The van der Waals surface area contributed by atoms with Gasteiger partial charge in [0.15, 0.2) is 0 Å². The number of nitrogens with zero attached hydrogens (tertiary/aromatic N) is 1. The number of hydrogen-bond acceptors (Lipinski definition) is 3. The highest BCUT2D eigenvalue weighted by atomic mass is 16.2. The van der Waals surface area contributed by atoms with Crippen LogP contribution in [0.4, 0.5) is 5.69 Å². The van der Waals surface area contributed by atoms with Crippen molar-refractivity contribution < 1.29 is 4.79 Å². The van der Waals surface area contributed by atoms with Crippen molar-refractivity contribution in [2.75, 3.05) is 38.5 Å². The predicted octanol–water partition coefficient (Wildman–Crippen LogP) is 2.17. The topological polar surface area (TPSA) is 44.4 Å². The minimum Gasteiger partial charge on any atom is -0.325 e. The fourth-order valence-electron chi connectivity index (χ4n) is 2.90. The number of piperidine rings is 1. The second-order valence-electron chi connectivity index (χ2n) is 6.14. The SMILES string of the molecule is CNCC1CCN(CC(=O)Nc2cc(C)ccc2C)CC1. The summed E-state index contributed by atoms with van der Waals surface area (Å²) in [5.74, 6) is 0.851. The Balaban J connectivity index is 1.81. The minimum absolute atomic E-state index is 0.0933. The van der Waals surface area contributed by atoms with Crippen LogP contribution >= 0.6 is 0 Å². The standard InChI is InChI=1S/C17H27N3O/c1-13-4-5-14(2)16(10-13)19-17(21)12-20-8-6-15(7-9-20)11-18-3/h4-5,10,15,18H,6-9,11-12H2,1-3H3,(H,19,21). The Bertz CT molecular complexity index is 479. The van der Waals surface area contributed by atoms with E-state index >= 15 is 0 Å². The molecule has 1 heterocycles. The molecule has 1 aliphatic rings. The summed E-state index contributed by atoms with van der Waals surface area (Å²) in [5.41, 5.74) is 3.22. The van der Waals surface area contributed by atoms with E-state index in [4.69, 9.17) is 0 Å². The monoisotopic (exact) mass is 289 g/mol. The zero-order chi connectivity index (χ0) is 15.2. The van der Waals surface area contributed by atoms with Crippen molar-refractivity contribution >= 4 is 11.6 Å². The lowest BCUT2D eigenvalue weighted by molar-refractivity contribution is -0.117. The first kappa shape index (κ1) is 16.0. The van der Waals surface area contributed by atoms with E-state index in [1.54, 1.807) is 0 Å². The summed E-state index contributed by atoms with van der Waals surface area (Å²) >= 11 is 0. The largest absolute Gasteiger partial charge is 0.325 e.